The molecule has 3 aliphatic rings. The van der Waals surface area contributed by atoms with Gasteiger partial charge in [-0.25, -0.2) is 8.78 Å². The van der Waals surface area contributed by atoms with Gasteiger partial charge in [0, 0.05) is 63.7 Å². The number of halogens is 2. The van der Waals surface area contributed by atoms with Gasteiger partial charge in [-0.1, -0.05) is 18.2 Å². The molecule has 3 amide bonds. The Morgan fingerprint density at radius 1 is 1.21 bits per heavy atom. The molecule has 202 valence electrons. The summed E-state index contributed by atoms with van der Waals surface area (Å²) >= 11 is 0. The first kappa shape index (κ1) is 27.7. The summed E-state index contributed by atoms with van der Waals surface area (Å²) in [6.07, 6.45) is -0.485. The number of rotatable bonds is 10. The zero-order chi connectivity index (χ0) is 27.4. The van der Waals surface area contributed by atoms with Crippen molar-refractivity contribution < 1.29 is 28.0 Å². The molecule has 1 saturated heterocycles. The lowest BCUT2D eigenvalue weighted by Gasteiger charge is -2.18. The number of benzene rings is 1. The summed E-state index contributed by atoms with van der Waals surface area (Å²) in [5.41, 5.74) is 3.02. The number of carbonyl (C=O) groups excluding carboxylic acids is 4. The fourth-order valence-electron chi connectivity index (χ4n) is 5.71. The molecule has 2 fully saturated rings. The van der Waals surface area contributed by atoms with Gasteiger partial charge in [0.1, 0.15) is 0 Å². The summed E-state index contributed by atoms with van der Waals surface area (Å²) in [7, 11) is 1.81. The second-order valence-electron chi connectivity index (χ2n) is 10.5. The Morgan fingerprint density at radius 3 is 2.74 bits per heavy atom. The predicted octanol–water partition coefficient (Wildman–Crippen LogP) is 0.364. The van der Waals surface area contributed by atoms with Gasteiger partial charge in [-0.3, -0.25) is 19.2 Å². The highest BCUT2D eigenvalue weighted by Crippen LogP contribution is 2.44. The van der Waals surface area contributed by atoms with Gasteiger partial charge < -0.3 is 20.8 Å². The number of carbonyl (C=O) groups is 4. The summed E-state index contributed by atoms with van der Waals surface area (Å²) in [6.45, 7) is 2.02. The van der Waals surface area contributed by atoms with E-state index in [0.717, 1.165) is 16.7 Å². The molecule has 9 nitrogen and oxygen atoms in total. The number of nitriles is 1. The van der Waals surface area contributed by atoms with Crippen molar-refractivity contribution >= 4 is 31.5 Å². The monoisotopic (exact) mass is 527 g/mol. The molecule has 0 spiro atoms. The van der Waals surface area contributed by atoms with E-state index < -0.39 is 54.3 Å². The van der Waals surface area contributed by atoms with Gasteiger partial charge in [0.05, 0.1) is 18.0 Å². The minimum absolute atomic E-state index is 0.0393. The van der Waals surface area contributed by atoms with Crippen molar-refractivity contribution in [3.63, 3.8) is 0 Å². The molecule has 1 saturated carbocycles. The van der Waals surface area contributed by atoms with E-state index in [0.29, 0.717) is 39.0 Å². The first-order valence-electron chi connectivity index (χ1n) is 13.0. The van der Waals surface area contributed by atoms with Crippen molar-refractivity contribution in [1.29, 1.82) is 5.26 Å². The van der Waals surface area contributed by atoms with Crippen LogP contribution in [0.15, 0.2) is 18.2 Å². The number of nitrogens with zero attached hydrogens (tertiary/aromatic N) is 2. The van der Waals surface area contributed by atoms with Crippen molar-refractivity contribution in [1.82, 2.24) is 20.8 Å². The largest absolute Gasteiger partial charge is 0.360 e. The van der Waals surface area contributed by atoms with Crippen molar-refractivity contribution in [2.45, 2.75) is 63.6 Å². The van der Waals surface area contributed by atoms with Crippen LogP contribution in [-0.4, -0.2) is 61.4 Å². The molecule has 2 heterocycles. The lowest BCUT2D eigenvalue weighted by Crippen LogP contribution is -2.38. The average molecular weight is 527 g/mol. The minimum atomic E-state index is -3.07. The number of hydrogen-bond acceptors (Lipinski definition) is 6. The number of aryl methyl sites for hydroxylation is 1. The minimum Gasteiger partial charge on any atom is -0.360 e. The topological polar surface area (TPSA) is 131 Å². The first-order chi connectivity index (χ1) is 18.1. The highest BCUT2D eigenvalue weighted by Gasteiger charge is 2.52. The number of Topliss-reactive ketones (excluding diaryl/α,β-unsaturated/α-hetero) is 1. The molecule has 0 radical (unpaired) electrons. The van der Waals surface area contributed by atoms with Crippen LogP contribution in [0.25, 0.3) is 0 Å². The van der Waals surface area contributed by atoms with Crippen LogP contribution >= 0.6 is 0 Å². The first-order valence-corrected chi connectivity index (χ1v) is 13.0. The molecule has 2 aliphatic heterocycles. The zero-order valence-corrected chi connectivity index (χ0v) is 21.4. The SMILES string of the molecule is BNCCNC(=O)CCc1cccc2c1CN(C(=O)C[C@@H]1C[C@@H](C(=O)C3CC(F)(F)C[C@H]3C#N)NC1=O)C2. The second kappa shape index (κ2) is 11.6. The van der Waals surface area contributed by atoms with Gasteiger partial charge in [-0.2, -0.15) is 5.26 Å². The molecule has 1 aliphatic carbocycles. The van der Waals surface area contributed by atoms with Crippen LogP contribution in [-0.2, 0) is 38.7 Å². The Hall–Kier alpha value is -3.33. The van der Waals surface area contributed by atoms with Gasteiger partial charge in [0.2, 0.25) is 23.6 Å². The molecular weight excluding hydrogens is 495 g/mol. The second-order valence-corrected chi connectivity index (χ2v) is 10.5. The molecule has 0 bridgehead atoms. The quantitative estimate of drug-likeness (QED) is 0.298. The Bertz CT molecular complexity index is 1160. The Kier molecular flexibility index (Phi) is 8.46. The van der Waals surface area contributed by atoms with Gasteiger partial charge in [0.25, 0.3) is 0 Å². The maximum Gasteiger partial charge on any atom is 0.250 e. The molecule has 0 aromatic heterocycles. The lowest BCUT2D eigenvalue weighted by atomic mass is 9.87. The van der Waals surface area contributed by atoms with Crippen molar-refractivity contribution in [3.05, 3.63) is 34.9 Å². The van der Waals surface area contributed by atoms with E-state index >= 15 is 0 Å². The van der Waals surface area contributed by atoms with Crippen LogP contribution in [0.5, 0.6) is 0 Å². The van der Waals surface area contributed by atoms with Crippen LogP contribution < -0.4 is 15.9 Å². The summed E-state index contributed by atoms with van der Waals surface area (Å²) in [5.74, 6) is -7.27. The van der Waals surface area contributed by atoms with E-state index in [4.69, 9.17) is 0 Å². The number of fused-ring (bicyclic) bond motifs is 1. The maximum atomic E-state index is 13.8. The van der Waals surface area contributed by atoms with Gasteiger partial charge in [0.15, 0.2) is 13.8 Å². The van der Waals surface area contributed by atoms with E-state index in [2.05, 4.69) is 15.9 Å². The highest BCUT2D eigenvalue weighted by atomic mass is 19.3. The molecule has 4 atom stereocenters. The number of ketones is 1. The van der Waals surface area contributed by atoms with E-state index in [1.165, 1.54) is 0 Å². The van der Waals surface area contributed by atoms with Crippen LogP contribution in [0.1, 0.15) is 48.8 Å². The summed E-state index contributed by atoms with van der Waals surface area (Å²) in [4.78, 5) is 52.3. The third-order valence-corrected chi connectivity index (χ3v) is 7.78. The average Bonchev–Trinajstić information content (AvgIpc) is 3.57. The molecule has 38 heavy (non-hydrogen) atoms. The van der Waals surface area contributed by atoms with Crippen molar-refractivity contribution in [3.8, 4) is 6.07 Å². The van der Waals surface area contributed by atoms with Gasteiger partial charge in [-0.05, 0) is 29.5 Å². The van der Waals surface area contributed by atoms with Gasteiger partial charge in [-0.15, -0.1) is 0 Å². The summed E-state index contributed by atoms with van der Waals surface area (Å²) < 4.78 is 27.6. The third kappa shape index (κ3) is 6.21. The van der Waals surface area contributed by atoms with Crippen LogP contribution in [0.4, 0.5) is 8.78 Å². The molecule has 4 rings (SSSR count). The fourth-order valence-corrected chi connectivity index (χ4v) is 5.71. The van der Waals surface area contributed by atoms with E-state index in [-0.39, 0.29) is 24.7 Å². The van der Waals surface area contributed by atoms with Crippen molar-refractivity contribution in [2.75, 3.05) is 13.1 Å². The van der Waals surface area contributed by atoms with Crippen LogP contribution in [0.3, 0.4) is 0 Å². The van der Waals surface area contributed by atoms with Gasteiger partial charge >= 0.3 is 0 Å². The van der Waals surface area contributed by atoms with Crippen LogP contribution in [0.2, 0.25) is 0 Å². The summed E-state index contributed by atoms with van der Waals surface area (Å²) in [5, 5.41) is 17.6. The number of alkyl halides is 2. The lowest BCUT2D eigenvalue weighted by molar-refractivity contribution is -0.135. The maximum absolute atomic E-state index is 13.8. The van der Waals surface area contributed by atoms with Crippen LogP contribution in [0, 0.1) is 29.1 Å². The standard InChI is InChI=1S/C26H32BF2N5O4/c27-32-7-6-31-22(35)5-4-15-2-1-3-16-13-34(14-20(15)16)23(36)9-17-8-21(33-25(17)38)24(37)19-11-26(28,29)10-18(19)12-30/h1-3,17-19,21,32H,4-11,13-14,27H2,(H,31,35)(H,33,38)/t17-,18-,19?,21-/m0/s1. The van der Waals surface area contributed by atoms with E-state index in [9.17, 15) is 33.2 Å². The molecule has 12 heteroatoms. The van der Waals surface area contributed by atoms with E-state index in [1.807, 2.05) is 26.2 Å². The predicted molar refractivity (Wildman–Crippen MR) is 135 cm³/mol. The molecular formula is C26H32BF2N5O4. The molecule has 1 unspecified atom stereocenters. The summed E-state index contributed by atoms with van der Waals surface area (Å²) in [6, 6.07) is 6.65. The third-order valence-electron chi connectivity index (χ3n) is 7.78. The Labute approximate surface area is 221 Å². The fraction of sp³-hybridized carbons (Fsp3) is 0.577. The number of hydrogen-bond donors (Lipinski definition) is 3. The smallest absolute Gasteiger partial charge is 0.250 e. The molecule has 1 aromatic carbocycles. The van der Waals surface area contributed by atoms with E-state index in [1.54, 1.807) is 11.0 Å². The number of amides is 3. The zero-order valence-electron chi connectivity index (χ0n) is 21.4. The Morgan fingerprint density at radius 2 is 2.00 bits per heavy atom. The number of nitrogens with one attached hydrogen (secondary N) is 3. The molecule has 1 aromatic rings. The molecule has 3 N–H and O–H groups in total. The normalized spacial score (nSPS) is 25.5. The Balaban J connectivity index is 1.31. The van der Waals surface area contributed by atoms with Crippen molar-refractivity contribution in [2.24, 2.45) is 17.8 Å². The highest BCUT2D eigenvalue weighted by molar-refractivity contribution is 6.04.